The quantitative estimate of drug-likeness (QED) is 0.792. The monoisotopic (exact) mass is 280 g/mol. The molecule has 4 rings (SSSR count). The van der Waals surface area contributed by atoms with Gasteiger partial charge < -0.3 is 9.47 Å². The molecule has 2 aliphatic heterocycles. The molecule has 0 aromatic heterocycles. The zero-order chi connectivity index (χ0) is 14.2. The minimum atomic E-state index is -0.197. The van der Waals surface area contributed by atoms with Crippen LogP contribution in [0.25, 0.3) is 0 Å². The van der Waals surface area contributed by atoms with E-state index < -0.39 is 0 Å². The summed E-state index contributed by atoms with van der Waals surface area (Å²) in [6, 6.07) is 19.9. The first kappa shape index (κ1) is 12.6. The van der Waals surface area contributed by atoms with Gasteiger partial charge in [0.15, 0.2) is 0 Å². The summed E-state index contributed by atoms with van der Waals surface area (Å²) in [6.07, 6.45) is -0.366. The molecule has 0 radical (unpaired) electrons. The molecule has 2 aromatic carbocycles. The van der Waals surface area contributed by atoms with Crippen molar-refractivity contribution in [2.24, 2.45) is 11.8 Å². The number of benzene rings is 2. The van der Waals surface area contributed by atoms with Gasteiger partial charge in [-0.3, -0.25) is 4.79 Å². The van der Waals surface area contributed by atoms with Crippen LogP contribution in [0, 0.1) is 11.8 Å². The zero-order valence-corrected chi connectivity index (χ0v) is 11.5. The average Bonchev–Trinajstić information content (AvgIpc) is 3.11. The van der Waals surface area contributed by atoms with Crippen LogP contribution in [-0.2, 0) is 14.3 Å². The summed E-state index contributed by atoms with van der Waals surface area (Å²) in [5.74, 6) is -0.233. The normalized spacial score (nSPS) is 31.0. The molecular weight excluding hydrogens is 264 g/mol. The van der Waals surface area contributed by atoms with Crippen molar-refractivity contribution >= 4 is 5.97 Å². The Morgan fingerprint density at radius 1 is 0.810 bits per heavy atom. The Morgan fingerprint density at radius 3 is 2.00 bits per heavy atom. The first-order chi connectivity index (χ1) is 10.3. The van der Waals surface area contributed by atoms with Gasteiger partial charge >= 0.3 is 5.97 Å². The van der Waals surface area contributed by atoms with Gasteiger partial charge in [-0.05, 0) is 11.1 Å². The molecule has 0 unspecified atom stereocenters. The highest BCUT2D eigenvalue weighted by atomic mass is 16.6. The topological polar surface area (TPSA) is 35.5 Å². The van der Waals surface area contributed by atoms with Gasteiger partial charge in [-0.1, -0.05) is 60.7 Å². The third-order valence-corrected chi connectivity index (χ3v) is 4.42. The Labute approximate surface area is 123 Å². The Balaban J connectivity index is 1.65. The zero-order valence-electron chi connectivity index (χ0n) is 11.5. The van der Waals surface area contributed by atoms with Crippen molar-refractivity contribution in [2.45, 2.75) is 12.2 Å². The smallest absolute Gasteiger partial charge is 0.313 e. The number of rotatable bonds is 2. The Hall–Kier alpha value is -2.13. The standard InChI is InChI=1S/C18H16O3/c19-18-15-14(16(21-18)12-7-3-1-4-8-12)11-20-17(15)13-9-5-2-6-10-13/h1-10,14-17H,11H2/t14-,15-,16+,17-/m1/s1. The second kappa shape index (κ2) is 5.01. The highest BCUT2D eigenvalue weighted by Crippen LogP contribution is 2.50. The Bertz CT molecular complexity index is 601. The molecule has 3 heteroatoms. The van der Waals surface area contributed by atoms with Gasteiger partial charge in [0.05, 0.1) is 18.6 Å². The number of hydrogen-bond acceptors (Lipinski definition) is 3. The number of ether oxygens (including phenoxy) is 2. The highest BCUT2D eigenvalue weighted by molar-refractivity contribution is 5.77. The minimum absolute atomic E-state index is 0.102. The van der Waals surface area contributed by atoms with Crippen LogP contribution in [0.5, 0.6) is 0 Å². The van der Waals surface area contributed by atoms with Crippen LogP contribution in [0.15, 0.2) is 60.7 Å². The Morgan fingerprint density at radius 2 is 1.38 bits per heavy atom. The third-order valence-electron chi connectivity index (χ3n) is 4.42. The molecule has 4 atom stereocenters. The fourth-order valence-corrected chi connectivity index (χ4v) is 3.42. The van der Waals surface area contributed by atoms with Crippen LogP contribution in [0.1, 0.15) is 23.3 Å². The van der Waals surface area contributed by atoms with E-state index in [0.717, 1.165) is 11.1 Å². The molecule has 0 bridgehead atoms. The maximum absolute atomic E-state index is 12.3. The number of esters is 1. The summed E-state index contributed by atoms with van der Waals surface area (Å²) in [5, 5.41) is 0. The second-order valence-electron chi connectivity index (χ2n) is 5.62. The lowest BCUT2D eigenvalue weighted by atomic mass is 9.84. The van der Waals surface area contributed by atoms with E-state index in [4.69, 9.17) is 9.47 Å². The van der Waals surface area contributed by atoms with Gasteiger partial charge in [0.2, 0.25) is 0 Å². The van der Waals surface area contributed by atoms with Crippen molar-refractivity contribution in [3.8, 4) is 0 Å². The SMILES string of the molecule is O=C1O[C@@H](c2ccccc2)[C@@H]2CO[C@H](c3ccccc3)[C@H]12. The number of carbonyl (C=O) groups is 1. The molecule has 2 heterocycles. The molecule has 21 heavy (non-hydrogen) atoms. The van der Waals surface area contributed by atoms with Crippen molar-refractivity contribution in [3.63, 3.8) is 0 Å². The number of cyclic esters (lactones) is 1. The van der Waals surface area contributed by atoms with Crippen LogP contribution in [0.3, 0.4) is 0 Å². The van der Waals surface area contributed by atoms with Gasteiger partial charge in [0, 0.05) is 5.92 Å². The van der Waals surface area contributed by atoms with E-state index in [1.54, 1.807) is 0 Å². The van der Waals surface area contributed by atoms with E-state index in [2.05, 4.69) is 0 Å². The van der Waals surface area contributed by atoms with Gasteiger partial charge in [0.25, 0.3) is 0 Å². The maximum atomic E-state index is 12.3. The van der Waals surface area contributed by atoms with Crippen LogP contribution in [0.4, 0.5) is 0 Å². The summed E-state index contributed by atoms with van der Waals surface area (Å²) in [5.41, 5.74) is 2.10. The summed E-state index contributed by atoms with van der Waals surface area (Å²) in [6.45, 7) is 0.565. The highest BCUT2D eigenvalue weighted by Gasteiger charge is 2.54. The van der Waals surface area contributed by atoms with E-state index in [-0.39, 0.29) is 30.0 Å². The van der Waals surface area contributed by atoms with Gasteiger partial charge in [-0.25, -0.2) is 0 Å². The lowest BCUT2D eigenvalue weighted by Crippen LogP contribution is -2.17. The fraction of sp³-hybridized carbons (Fsp3) is 0.278. The molecule has 2 aromatic rings. The molecule has 2 aliphatic rings. The van der Waals surface area contributed by atoms with Crippen LogP contribution < -0.4 is 0 Å². The van der Waals surface area contributed by atoms with Crippen LogP contribution >= 0.6 is 0 Å². The molecule has 0 spiro atoms. The van der Waals surface area contributed by atoms with Crippen molar-refractivity contribution in [1.29, 1.82) is 0 Å². The van der Waals surface area contributed by atoms with E-state index in [0.29, 0.717) is 6.61 Å². The molecule has 2 saturated heterocycles. The Kier molecular flexibility index (Phi) is 3.00. The summed E-state index contributed by atoms with van der Waals surface area (Å²) in [4.78, 5) is 12.3. The summed E-state index contributed by atoms with van der Waals surface area (Å²) in [7, 11) is 0. The predicted octanol–water partition coefficient (Wildman–Crippen LogP) is 3.29. The van der Waals surface area contributed by atoms with Gasteiger partial charge in [-0.15, -0.1) is 0 Å². The molecule has 0 saturated carbocycles. The van der Waals surface area contributed by atoms with Crippen molar-refractivity contribution in [3.05, 3.63) is 71.8 Å². The van der Waals surface area contributed by atoms with Crippen LogP contribution in [0.2, 0.25) is 0 Å². The maximum Gasteiger partial charge on any atom is 0.313 e. The number of carbonyl (C=O) groups excluding carboxylic acids is 1. The van der Waals surface area contributed by atoms with E-state index in [1.165, 1.54) is 0 Å². The lowest BCUT2D eigenvalue weighted by molar-refractivity contribution is -0.148. The molecule has 0 aliphatic carbocycles. The van der Waals surface area contributed by atoms with Crippen molar-refractivity contribution < 1.29 is 14.3 Å². The van der Waals surface area contributed by atoms with E-state index >= 15 is 0 Å². The predicted molar refractivity (Wildman–Crippen MR) is 77.4 cm³/mol. The second-order valence-corrected chi connectivity index (χ2v) is 5.62. The first-order valence-electron chi connectivity index (χ1n) is 7.26. The largest absolute Gasteiger partial charge is 0.457 e. The van der Waals surface area contributed by atoms with Gasteiger partial charge in [-0.2, -0.15) is 0 Å². The van der Waals surface area contributed by atoms with E-state index in [9.17, 15) is 4.79 Å². The van der Waals surface area contributed by atoms with Crippen molar-refractivity contribution in [1.82, 2.24) is 0 Å². The van der Waals surface area contributed by atoms with Crippen LogP contribution in [-0.4, -0.2) is 12.6 Å². The molecule has 106 valence electrons. The van der Waals surface area contributed by atoms with Gasteiger partial charge in [0.1, 0.15) is 6.10 Å². The van der Waals surface area contributed by atoms with Crippen molar-refractivity contribution in [2.75, 3.05) is 6.61 Å². The average molecular weight is 280 g/mol. The first-order valence-corrected chi connectivity index (χ1v) is 7.26. The number of fused-ring (bicyclic) bond motifs is 1. The number of hydrogen-bond donors (Lipinski definition) is 0. The summed E-state index contributed by atoms with van der Waals surface area (Å²) < 4.78 is 11.6. The minimum Gasteiger partial charge on any atom is -0.457 e. The molecule has 0 N–H and O–H groups in total. The molecule has 2 fully saturated rings. The molecule has 0 amide bonds. The molecular formula is C18H16O3. The molecule has 3 nitrogen and oxygen atoms in total. The third kappa shape index (κ3) is 2.05. The lowest BCUT2D eigenvalue weighted by Gasteiger charge is -2.14. The summed E-state index contributed by atoms with van der Waals surface area (Å²) >= 11 is 0. The fourth-order valence-electron chi connectivity index (χ4n) is 3.42. The van der Waals surface area contributed by atoms with E-state index in [1.807, 2.05) is 60.7 Å².